The number of aliphatic hydroxyl groups is 2. The molecule has 1 aliphatic heterocycles. The molecular weight excluding hydrogens is 540 g/mol. The molecule has 1 fully saturated rings. The summed E-state index contributed by atoms with van der Waals surface area (Å²) in [6.45, 7) is 8.06. The number of aromatic amines is 1. The fourth-order valence-corrected chi connectivity index (χ4v) is 5.25. The number of nitrogens with one attached hydrogen (secondary N) is 2. The van der Waals surface area contributed by atoms with Crippen LogP contribution in [0.25, 0.3) is 0 Å². The van der Waals surface area contributed by atoms with Gasteiger partial charge in [-0.25, -0.2) is 13.8 Å². The zero-order chi connectivity index (χ0) is 29.2. The largest absolute Gasteiger partial charge is 0.462 e. The number of hydrogen-bond acceptors (Lipinski definition) is 10. The van der Waals surface area contributed by atoms with E-state index in [2.05, 4.69) is 11.7 Å². The Balaban J connectivity index is 1.93. The van der Waals surface area contributed by atoms with Crippen LogP contribution in [0.2, 0.25) is 0 Å². The van der Waals surface area contributed by atoms with E-state index in [0.717, 1.165) is 12.3 Å². The van der Waals surface area contributed by atoms with Crippen LogP contribution in [0, 0.1) is 0 Å². The van der Waals surface area contributed by atoms with Gasteiger partial charge in [-0.15, -0.1) is 0 Å². The first kappa shape index (κ1) is 30.4. The maximum absolute atomic E-state index is 16.2. The first-order valence-electron chi connectivity index (χ1n) is 11.8. The quantitative estimate of drug-likeness (QED) is 0.175. The highest BCUT2D eigenvalue weighted by molar-refractivity contribution is 7.52. The molecular formula is C24H31FN3O10P. The molecule has 3 rings (SSSR count). The van der Waals surface area contributed by atoms with Gasteiger partial charge < -0.3 is 24.2 Å². The molecule has 1 aromatic heterocycles. The van der Waals surface area contributed by atoms with Crippen LogP contribution in [0.15, 0.2) is 64.3 Å². The molecule has 39 heavy (non-hydrogen) atoms. The normalized spacial score (nSPS) is 27.1. The van der Waals surface area contributed by atoms with Crippen molar-refractivity contribution in [3.63, 3.8) is 0 Å². The topological polar surface area (TPSA) is 178 Å². The third-order valence-corrected chi connectivity index (χ3v) is 7.38. The van der Waals surface area contributed by atoms with E-state index in [9.17, 15) is 29.2 Å². The number of carbonyl (C=O) groups excluding carboxylic acids is 1. The Kier molecular flexibility index (Phi) is 9.00. The Morgan fingerprint density at radius 3 is 2.49 bits per heavy atom. The van der Waals surface area contributed by atoms with Gasteiger partial charge in [-0.2, -0.15) is 5.09 Å². The van der Waals surface area contributed by atoms with Gasteiger partial charge in [0.1, 0.15) is 18.4 Å². The summed E-state index contributed by atoms with van der Waals surface area (Å²) in [5.41, 5.74) is -4.61. The van der Waals surface area contributed by atoms with Crippen LogP contribution in [-0.2, 0) is 23.4 Å². The number of alkyl halides is 1. The summed E-state index contributed by atoms with van der Waals surface area (Å²) in [4.78, 5) is 38.1. The summed E-state index contributed by atoms with van der Waals surface area (Å²) in [7, 11) is -4.59. The molecule has 0 radical (unpaired) electrons. The van der Waals surface area contributed by atoms with E-state index in [1.165, 1.54) is 26.0 Å². The van der Waals surface area contributed by atoms with Gasteiger partial charge >= 0.3 is 19.4 Å². The number of halogens is 1. The number of carbonyl (C=O) groups is 1. The second-order valence-corrected chi connectivity index (χ2v) is 11.0. The lowest BCUT2D eigenvalue weighted by atomic mass is 9.87. The second-order valence-electron chi connectivity index (χ2n) is 9.29. The minimum absolute atomic E-state index is 0.0367. The minimum Gasteiger partial charge on any atom is -0.462 e. The zero-order valence-electron chi connectivity index (χ0n) is 21.7. The zero-order valence-corrected chi connectivity index (χ0v) is 22.6. The molecule has 13 nitrogen and oxygen atoms in total. The molecule has 214 valence electrons. The number of rotatable bonds is 11. The first-order valence-corrected chi connectivity index (χ1v) is 13.4. The first-order chi connectivity index (χ1) is 18.1. The minimum atomic E-state index is -4.59. The summed E-state index contributed by atoms with van der Waals surface area (Å²) in [5.74, 6) is -4.05. The third kappa shape index (κ3) is 6.55. The molecule has 0 amide bonds. The van der Waals surface area contributed by atoms with Gasteiger partial charge in [-0.3, -0.25) is 23.7 Å². The number of para-hydroxylation sites is 1. The number of aliphatic hydroxyl groups excluding tert-OH is 1. The predicted molar refractivity (Wildman–Crippen MR) is 136 cm³/mol. The van der Waals surface area contributed by atoms with Crippen molar-refractivity contribution in [2.45, 2.75) is 63.6 Å². The van der Waals surface area contributed by atoms with E-state index in [4.69, 9.17) is 18.5 Å². The Hall–Kier alpha value is -3.13. The summed E-state index contributed by atoms with van der Waals surface area (Å²) in [5, 5.41) is 24.5. The van der Waals surface area contributed by atoms with E-state index in [1.54, 1.807) is 32.0 Å². The van der Waals surface area contributed by atoms with Gasteiger partial charge in [0.25, 0.3) is 11.4 Å². The van der Waals surface area contributed by atoms with Gasteiger partial charge in [0, 0.05) is 12.3 Å². The number of ether oxygens (including phenoxy) is 2. The monoisotopic (exact) mass is 571 g/mol. The molecule has 1 saturated heterocycles. The standard InChI is InChI=1S/C24H31FN3O10P/c1-14(2)24(33)20(31)23(25,37-21(24)28-12-11-18(29)26-22(28)32)13-35-39(34,38-17-9-7-6-8-10-17)27-16(5)19(30)36-15(3)4/h6-12,15-16,20-21,31,33H,1,13H2,2-5H3,(H,27,34)(H,26,29,32)/t16-,20+,21+,23+,24+,39-/m0/s1. The van der Waals surface area contributed by atoms with Crippen molar-refractivity contribution in [2.75, 3.05) is 6.61 Å². The van der Waals surface area contributed by atoms with Gasteiger partial charge in [0.2, 0.25) is 0 Å². The molecule has 15 heteroatoms. The van der Waals surface area contributed by atoms with Gasteiger partial charge in [0.15, 0.2) is 17.9 Å². The summed E-state index contributed by atoms with van der Waals surface area (Å²) < 4.78 is 51.6. The second kappa shape index (κ2) is 11.5. The van der Waals surface area contributed by atoms with E-state index < -0.39 is 67.5 Å². The molecule has 6 atom stereocenters. The molecule has 0 unspecified atom stereocenters. The Morgan fingerprint density at radius 2 is 1.92 bits per heavy atom. The molecule has 1 aromatic carbocycles. The van der Waals surface area contributed by atoms with Crippen molar-refractivity contribution in [1.29, 1.82) is 0 Å². The number of hydrogen-bond donors (Lipinski definition) is 4. The maximum atomic E-state index is 16.2. The van der Waals surface area contributed by atoms with Crippen LogP contribution in [0.4, 0.5) is 4.39 Å². The van der Waals surface area contributed by atoms with Crippen LogP contribution in [0.1, 0.15) is 33.9 Å². The summed E-state index contributed by atoms with van der Waals surface area (Å²) >= 11 is 0. The summed E-state index contributed by atoms with van der Waals surface area (Å²) in [6.07, 6.45) is -3.88. The van der Waals surface area contributed by atoms with Crippen molar-refractivity contribution < 1.29 is 42.5 Å². The van der Waals surface area contributed by atoms with Crippen molar-refractivity contribution in [3.05, 3.63) is 75.6 Å². The van der Waals surface area contributed by atoms with Crippen molar-refractivity contribution in [1.82, 2.24) is 14.6 Å². The van der Waals surface area contributed by atoms with Gasteiger partial charge in [-0.1, -0.05) is 24.8 Å². The fraction of sp³-hybridized carbons (Fsp3) is 0.458. The molecule has 1 aliphatic rings. The van der Waals surface area contributed by atoms with Gasteiger partial charge in [-0.05, 0) is 45.4 Å². The highest BCUT2D eigenvalue weighted by Crippen LogP contribution is 2.51. The predicted octanol–water partition coefficient (Wildman–Crippen LogP) is 1.53. The highest BCUT2D eigenvalue weighted by atomic mass is 31.2. The van der Waals surface area contributed by atoms with Crippen LogP contribution in [0.5, 0.6) is 5.75 Å². The number of benzene rings is 1. The smallest absolute Gasteiger partial charge is 0.459 e. The van der Waals surface area contributed by atoms with E-state index >= 15 is 4.39 Å². The Morgan fingerprint density at radius 1 is 1.28 bits per heavy atom. The highest BCUT2D eigenvalue weighted by Gasteiger charge is 2.66. The average molecular weight is 571 g/mol. The van der Waals surface area contributed by atoms with Crippen molar-refractivity contribution in [2.24, 2.45) is 0 Å². The Labute approximate surface area is 222 Å². The van der Waals surface area contributed by atoms with Gasteiger partial charge in [0.05, 0.1) is 6.10 Å². The molecule has 0 bridgehead atoms. The fourth-order valence-electron chi connectivity index (χ4n) is 3.75. The van der Waals surface area contributed by atoms with Crippen molar-refractivity contribution >= 4 is 13.7 Å². The molecule has 0 spiro atoms. The number of aromatic nitrogens is 2. The lowest BCUT2D eigenvalue weighted by Crippen LogP contribution is -2.52. The van der Waals surface area contributed by atoms with Crippen LogP contribution < -0.4 is 20.9 Å². The van der Waals surface area contributed by atoms with Crippen molar-refractivity contribution in [3.8, 4) is 5.75 Å². The maximum Gasteiger partial charge on any atom is 0.459 e. The lowest BCUT2D eigenvalue weighted by molar-refractivity contribution is -0.204. The molecule has 0 aliphatic carbocycles. The molecule has 0 saturated carbocycles. The number of H-pyrrole nitrogens is 1. The van der Waals surface area contributed by atoms with E-state index in [1.807, 2.05) is 4.98 Å². The van der Waals surface area contributed by atoms with Crippen LogP contribution >= 0.6 is 7.75 Å². The summed E-state index contributed by atoms with van der Waals surface area (Å²) in [6, 6.07) is 7.33. The van der Waals surface area contributed by atoms with Crippen LogP contribution in [0.3, 0.4) is 0 Å². The molecule has 4 N–H and O–H groups in total. The van der Waals surface area contributed by atoms with Crippen LogP contribution in [-0.4, -0.2) is 62.0 Å². The number of esters is 1. The molecule has 2 aromatic rings. The van der Waals surface area contributed by atoms with E-state index in [-0.39, 0.29) is 11.3 Å². The molecule has 2 heterocycles. The Bertz CT molecular complexity index is 1370. The lowest BCUT2D eigenvalue weighted by Gasteiger charge is -2.32. The SMILES string of the molecule is C=C(C)[C@]1(O)[C@H](n2ccc(=O)[nH]c2=O)O[C@](F)(CO[P@@](=O)(N[C@@H](C)C(=O)OC(C)C)Oc2ccccc2)[C@H]1O. The third-order valence-electron chi connectivity index (χ3n) is 5.75. The van der Waals surface area contributed by atoms with E-state index in [0.29, 0.717) is 4.57 Å². The average Bonchev–Trinajstić information content (AvgIpc) is 3.05. The number of nitrogens with zero attached hydrogens (tertiary/aromatic N) is 1.